The van der Waals surface area contributed by atoms with Crippen molar-refractivity contribution < 1.29 is 0 Å². The average Bonchev–Trinajstić information content (AvgIpc) is 2.99. The van der Waals surface area contributed by atoms with Gasteiger partial charge >= 0.3 is 0 Å². The van der Waals surface area contributed by atoms with Crippen molar-refractivity contribution in [3.05, 3.63) is 6.67 Å². The predicted molar refractivity (Wildman–Crippen MR) is 101 cm³/mol. The van der Waals surface area contributed by atoms with Crippen LogP contribution in [0.15, 0.2) is 0 Å². The van der Waals surface area contributed by atoms with E-state index in [0.717, 1.165) is 12.0 Å². The average molecular weight is 335 g/mol. The maximum Gasteiger partial charge on any atom is 0.143 e. The molecule has 0 saturated carbocycles. The Morgan fingerprint density at radius 1 is 0.958 bits per heavy atom. The van der Waals surface area contributed by atoms with Crippen LogP contribution in [0.2, 0.25) is 0 Å². The lowest BCUT2D eigenvalue weighted by Crippen LogP contribution is -2.47. The van der Waals surface area contributed by atoms with Gasteiger partial charge in [0.1, 0.15) is 6.67 Å². The number of hydrogen-bond acceptors (Lipinski definition) is 4. The van der Waals surface area contributed by atoms with E-state index in [0.29, 0.717) is 12.1 Å². The van der Waals surface area contributed by atoms with E-state index in [1.807, 2.05) is 0 Å². The van der Waals surface area contributed by atoms with Crippen LogP contribution in [0.3, 0.4) is 0 Å². The highest BCUT2D eigenvalue weighted by molar-refractivity contribution is 4.85. The maximum absolute atomic E-state index is 3.58. The van der Waals surface area contributed by atoms with Gasteiger partial charge in [-0.15, -0.1) is 0 Å². The summed E-state index contributed by atoms with van der Waals surface area (Å²) < 4.78 is 0. The number of rotatable bonds is 6. The maximum atomic E-state index is 3.58. The van der Waals surface area contributed by atoms with E-state index in [2.05, 4.69) is 47.5 Å². The van der Waals surface area contributed by atoms with E-state index in [-0.39, 0.29) is 0 Å². The molecule has 0 aromatic rings. The molecule has 3 saturated heterocycles. The highest BCUT2D eigenvalue weighted by Crippen LogP contribution is 2.24. The molecule has 3 fully saturated rings. The molecule has 138 valence electrons. The van der Waals surface area contributed by atoms with Gasteiger partial charge in [-0.2, -0.15) is 0 Å². The summed E-state index contributed by atoms with van der Waals surface area (Å²) in [5.74, 6) is 0.901. The molecular formula is C20H38N4. The molecule has 0 spiro atoms. The van der Waals surface area contributed by atoms with Crippen molar-refractivity contribution in [1.29, 1.82) is 0 Å². The zero-order valence-corrected chi connectivity index (χ0v) is 16.1. The monoisotopic (exact) mass is 334 g/mol. The molecule has 0 aromatic carbocycles. The molecular weight excluding hydrogens is 296 g/mol. The normalized spacial score (nSPS) is 29.8. The molecule has 0 aromatic heterocycles. The Hall–Kier alpha value is -0.160. The molecule has 3 aliphatic heterocycles. The Balaban J connectivity index is 1.29. The fraction of sp³-hybridized carbons (Fsp3) is 0.950. The molecule has 4 heteroatoms. The molecule has 0 amide bonds. The van der Waals surface area contributed by atoms with Gasteiger partial charge in [-0.1, -0.05) is 0 Å². The number of nitrogens with one attached hydrogen (secondary N) is 1. The van der Waals surface area contributed by atoms with Crippen molar-refractivity contribution >= 4 is 0 Å². The summed E-state index contributed by atoms with van der Waals surface area (Å²) in [6, 6.07) is 2.14. The van der Waals surface area contributed by atoms with Gasteiger partial charge in [0.15, 0.2) is 0 Å². The Morgan fingerprint density at radius 3 is 2.25 bits per heavy atom. The Bertz CT molecular complexity index is 357. The minimum atomic E-state index is 0.628. The van der Waals surface area contributed by atoms with E-state index in [1.165, 1.54) is 77.8 Å². The first-order valence-electron chi connectivity index (χ1n) is 10.4. The fourth-order valence-electron chi connectivity index (χ4n) is 4.57. The van der Waals surface area contributed by atoms with Crippen LogP contribution in [0, 0.1) is 12.6 Å². The van der Waals surface area contributed by atoms with E-state index in [9.17, 15) is 0 Å². The van der Waals surface area contributed by atoms with Crippen LogP contribution in [0.4, 0.5) is 0 Å². The summed E-state index contributed by atoms with van der Waals surface area (Å²) in [7, 11) is 0. The lowest BCUT2D eigenvalue weighted by molar-refractivity contribution is 0.138. The molecule has 3 rings (SSSR count). The second-order valence-electron chi connectivity index (χ2n) is 8.58. The van der Waals surface area contributed by atoms with Crippen LogP contribution < -0.4 is 5.32 Å². The standard InChI is InChI=1S/C20H38N4/c1-17(2)23-13-8-20(9-14-23)21-16-22-11-6-19(7-12-22)15-24-10-4-5-18(24)3/h17-21H,4-15H2,1-3H3. The summed E-state index contributed by atoms with van der Waals surface area (Å²) in [6.45, 7) is 18.0. The zero-order valence-electron chi connectivity index (χ0n) is 16.1. The molecule has 24 heavy (non-hydrogen) atoms. The largest absolute Gasteiger partial charge is 0.301 e. The lowest BCUT2D eigenvalue weighted by Gasteiger charge is -2.37. The van der Waals surface area contributed by atoms with Gasteiger partial charge in [0.25, 0.3) is 0 Å². The molecule has 0 aliphatic carbocycles. The summed E-state index contributed by atoms with van der Waals surface area (Å²) >= 11 is 0. The summed E-state index contributed by atoms with van der Waals surface area (Å²) in [4.78, 5) is 7.70. The molecule has 3 heterocycles. The van der Waals surface area contributed by atoms with Crippen molar-refractivity contribution in [3.63, 3.8) is 0 Å². The lowest BCUT2D eigenvalue weighted by atomic mass is 9.96. The number of likely N-dealkylation sites (tertiary alicyclic amines) is 3. The van der Waals surface area contributed by atoms with Gasteiger partial charge in [0.2, 0.25) is 0 Å². The van der Waals surface area contributed by atoms with E-state index >= 15 is 0 Å². The predicted octanol–water partition coefficient (Wildman–Crippen LogP) is 2.64. The van der Waals surface area contributed by atoms with E-state index in [1.54, 1.807) is 0 Å². The Labute approximate surface area is 149 Å². The van der Waals surface area contributed by atoms with E-state index < -0.39 is 0 Å². The first kappa shape index (κ1) is 18.6. The third kappa shape index (κ3) is 5.17. The first-order chi connectivity index (χ1) is 11.6. The van der Waals surface area contributed by atoms with Gasteiger partial charge < -0.3 is 9.80 Å². The molecule has 4 nitrogen and oxygen atoms in total. The molecule has 1 N–H and O–H groups in total. The van der Waals surface area contributed by atoms with Crippen LogP contribution in [-0.4, -0.2) is 72.1 Å². The van der Waals surface area contributed by atoms with E-state index in [4.69, 9.17) is 0 Å². The third-order valence-corrected chi connectivity index (χ3v) is 6.48. The Morgan fingerprint density at radius 2 is 1.67 bits per heavy atom. The number of nitrogens with zero attached hydrogens (tertiary/aromatic N) is 3. The topological polar surface area (TPSA) is 21.8 Å². The minimum absolute atomic E-state index is 0.628. The number of piperidine rings is 2. The summed E-state index contributed by atoms with van der Waals surface area (Å²) in [6.07, 6.45) is 8.00. The molecule has 3 aliphatic rings. The SMILES string of the molecule is CC(C)N1CCC(N[C]N2CCC(CN3CCCC3C)CC2)CC1. The van der Waals surface area contributed by atoms with Gasteiger partial charge in [0.05, 0.1) is 0 Å². The smallest absolute Gasteiger partial charge is 0.143 e. The minimum Gasteiger partial charge on any atom is -0.301 e. The van der Waals surface area contributed by atoms with Crippen molar-refractivity contribution in [2.75, 3.05) is 39.3 Å². The van der Waals surface area contributed by atoms with Gasteiger partial charge in [-0.3, -0.25) is 10.2 Å². The van der Waals surface area contributed by atoms with Gasteiger partial charge in [0, 0.05) is 37.8 Å². The van der Waals surface area contributed by atoms with Crippen molar-refractivity contribution in [3.8, 4) is 0 Å². The van der Waals surface area contributed by atoms with Crippen molar-refractivity contribution in [1.82, 2.24) is 20.0 Å². The number of hydrogen-bond donors (Lipinski definition) is 1. The molecule has 2 radical (unpaired) electrons. The third-order valence-electron chi connectivity index (χ3n) is 6.48. The van der Waals surface area contributed by atoms with Crippen molar-refractivity contribution in [2.45, 2.75) is 77.4 Å². The van der Waals surface area contributed by atoms with Gasteiger partial charge in [-0.25, -0.2) is 0 Å². The fourth-order valence-corrected chi connectivity index (χ4v) is 4.57. The van der Waals surface area contributed by atoms with Crippen LogP contribution in [0.5, 0.6) is 0 Å². The highest BCUT2D eigenvalue weighted by Gasteiger charge is 2.27. The molecule has 0 bridgehead atoms. The first-order valence-corrected chi connectivity index (χ1v) is 10.4. The van der Waals surface area contributed by atoms with Crippen LogP contribution in [0.25, 0.3) is 0 Å². The zero-order chi connectivity index (χ0) is 16.9. The van der Waals surface area contributed by atoms with Crippen LogP contribution in [-0.2, 0) is 0 Å². The molecule has 1 atom stereocenters. The highest BCUT2D eigenvalue weighted by atomic mass is 15.2. The summed E-state index contributed by atoms with van der Waals surface area (Å²) in [5, 5.41) is 3.58. The quantitative estimate of drug-likeness (QED) is 0.754. The van der Waals surface area contributed by atoms with Gasteiger partial charge in [-0.05, 0) is 84.8 Å². The van der Waals surface area contributed by atoms with Crippen molar-refractivity contribution in [2.24, 2.45) is 5.92 Å². The second-order valence-corrected chi connectivity index (χ2v) is 8.58. The summed E-state index contributed by atoms with van der Waals surface area (Å²) in [5.41, 5.74) is 0. The van der Waals surface area contributed by atoms with Crippen LogP contribution in [0.1, 0.15) is 59.3 Å². The molecule has 1 unspecified atom stereocenters. The second kappa shape index (κ2) is 8.98. The van der Waals surface area contributed by atoms with Crippen LogP contribution >= 0.6 is 0 Å². The Kier molecular flexibility index (Phi) is 6.97.